The fraction of sp³-hybridized carbons (Fsp3) is 0.381. The van der Waals surface area contributed by atoms with Crippen molar-refractivity contribution in [1.29, 1.82) is 5.26 Å². The Kier molecular flexibility index (Phi) is 5.31. The first-order valence-electron chi connectivity index (χ1n) is 8.92. The van der Waals surface area contributed by atoms with Crippen LogP contribution < -0.4 is 5.32 Å². The zero-order chi connectivity index (χ0) is 20.7. The fourth-order valence-corrected chi connectivity index (χ4v) is 4.87. The first-order chi connectivity index (χ1) is 13.1. The molecule has 0 bridgehead atoms. The molecule has 1 N–H and O–H groups in total. The van der Waals surface area contributed by atoms with E-state index in [0.29, 0.717) is 10.6 Å². The number of aromatic nitrogens is 2. The summed E-state index contributed by atoms with van der Waals surface area (Å²) in [5.74, 6) is -0.0687. The zero-order valence-corrected chi connectivity index (χ0v) is 17.6. The van der Waals surface area contributed by atoms with Crippen LogP contribution in [0.15, 0.2) is 46.5 Å². The van der Waals surface area contributed by atoms with Crippen molar-refractivity contribution in [3.63, 3.8) is 0 Å². The predicted molar refractivity (Wildman–Crippen MR) is 109 cm³/mol. The van der Waals surface area contributed by atoms with E-state index in [-0.39, 0.29) is 39.5 Å². The van der Waals surface area contributed by atoms with Crippen molar-refractivity contribution in [2.75, 3.05) is 0 Å². The summed E-state index contributed by atoms with van der Waals surface area (Å²) >= 11 is 11.9. The number of amides is 1. The molecule has 5 nitrogen and oxygen atoms in total. The lowest BCUT2D eigenvalue weighted by atomic mass is 9.44. The monoisotopic (exact) mass is 415 g/mol. The van der Waals surface area contributed by atoms with Gasteiger partial charge in [0.25, 0.3) is 5.91 Å². The second-order valence-corrected chi connectivity index (χ2v) is 9.08. The molecule has 2 aliphatic carbocycles. The number of allylic oxidation sites excluding steroid dienone is 6. The van der Waals surface area contributed by atoms with Gasteiger partial charge >= 0.3 is 0 Å². The zero-order valence-electron chi connectivity index (χ0n) is 16.1. The van der Waals surface area contributed by atoms with E-state index in [2.05, 4.69) is 55.4 Å². The Morgan fingerprint density at radius 2 is 1.93 bits per heavy atom. The van der Waals surface area contributed by atoms with E-state index in [1.165, 1.54) is 0 Å². The highest BCUT2D eigenvalue weighted by Crippen LogP contribution is 2.60. The maximum absolute atomic E-state index is 12.6. The molecule has 1 saturated carbocycles. The summed E-state index contributed by atoms with van der Waals surface area (Å²) in [6.07, 6.45) is 7.59. The summed E-state index contributed by atoms with van der Waals surface area (Å²) in [6.45, 7) is 8.51. The Bertz CT molecular complexity index is 920. The lowest BCUT2D eigenvalue weighted by Crippen LogP contribution is -2.69. The van der Waals surface area contributed by atoms with Gasteiger partial charge in [-0.25, -0.2) is 0 Å². The molecular weight excluding hydrogens is 395 g/mol. The first-order valence-corrected chi connectivity index (χ1v) is 9.67. The van der Waals surface area contributed by atoms with Crippen LogP contribution in [0.25, 0.3) is 0 Å². The van der Waals surface area contributed by atoms with Crippen molar-refractivity contribution in [3.05, 3.63) is 63.8 Å². The number of carbonyl (C=O) groups is 1. The highest BCUT2D eigenvalue weighted by molar-refractivity contribution is 6.32. The third-order valence-corrected chi connectivity index (χ3v) is 6.22. The maximum atomic E-state index is 12.6. The Labute approximate surface area is 175 Å². The van der Waals surface area contributed by atoms with Gasteiger partial charge in [-0.1, -0.05) is 50.9 Å². The summed E-state index contributed by atoms with van der Waals surface area (Å²) in [7, 11) is 0. The van der Waals surface area contributed by atoms with Crippen molar-refractivity contribution in [2.24, 2.45) is 16.7 Å². The molecule has 0 radical (unpaired) electrons. The summed E-state index contributed by atoms with van der Waals surface area (Å²) in [5.41, 5.74) is 1.30. The number of hydrogen-bond donors (Lipinski definition) is 1. The summed E-state index contributed by atoms with van der Waals surface area (Å²) in [4.78, 5) is 12.6. The lowest BCUT2D eigenvalue weighted by Gasteiger charge is -2.62. The SMILES string of the molecule is CC1(C)C(C=C2C=C(Cl)C(C#N)=C[CH+]2)C(C)(C)C1NC(=O)c1ccc(Cl)nn1. The molecule has 1 aromatic heterocycles. The van der Waals surface area contributed by atoms with Gasteiger partial charge in [0.2, 0.25) is 0 Å². The molecule has 0 aromatic carbocycles. The van der Waals surface area contributed by atoms with Gasteiger partial charge in [0.05, 0.1) is 11.6 Å². The smallest absolute Gasteiger partial charge is 0.272 e. The molecule has 3 rings (SSSR count). The highest BCUT2D eigenvalue weighted by Gasteiger charge is 2.62. The van der Waals surface area contributed by atoms with Gasteiger partial charge in [-0.05, 0) is 12.1 Å². The minimum absolute atomic E-state index is 0.0555. The van der Waals surface area contributed by atoms with Crippen molar-refractivity contribution >= 4 is 29.1 Å². The Morgan fingerprint density at radius 1 is 1.25 bits per heavy atom. The molecule has 0 atom stereocenters. The van der Waals surface area contributed by atoms with Crippen LogP contribution in [0.2, 0.25) is 5.15 Å². The Balaban J connectivity index is 1.78. The minimum Gasteiger partial charge on any atom is -0.347 e. The second-order valence-electron chi connectivity index (χ2n) is 8.29. The Hall–Kier alpha value is -2.29. The van der Waals surface area contributed by atoms with Crippen LogP contribution in [-0.4, -0.2) is 22.1 Å². The molecule has 1 amide bonds. The number of rotatable bonds is 3. The molecule has 0 saturated heterocycles. The maximum Gasteiger partial charge on any atom is 0.272 e. The van der Waals surface area contributed by atoms with E-state index in [0.717, 1.165) is 5.57 Å². The quantitative estimate of drug-likeness (QED) is 0.729. The number of nitrogens with zero attached hydrogens (tertiary/aromatic N) is 3. The number of halogens is 2. The van der Waals surface area contributed by atoms with Gasteiger partial charge in [-0.15, -0.1) is 10.2 Å². The van der Waals surface area contributed by atoms with Crippen molar-refractivity contribution in [1.82, 2.24) is 15.5 Å². The molecule has 7 heteroatoms. The van der Waals surface area contributed by atoms with Crippen LogP contribution >= 0.6 is 23.2 Å². The minimum atomic E-state index is -0.268. The van der Waals surface area contributed by atoms with Crippen molar-refractivity contribution < 1.29 is 4.79 Å². The van der Waals surface area contributed by atoms with Crippen LogP contribution in [0.4, 0.5) is 0 Å². The van der Waals surface area contributed by atoms with Crippen LogP contribution in [0, 0.1) is 34.5 Å². The normalized spacial score (nSPS) is 26.2. The van der Waals surface area contributed by atoms with Gasteiger partial charge in [0.1, 0.15) is 10.6 Å². The van der Waals surface area contributed by atoms with Gasteiger partial charge in [0.15, 0.2) is 16.9 Å². The molecule has 28 heavy (non-hydrogen) atoms. The average molecular weight is 416 g/mol. The third-order valence-electron chi connectivity index (χ3n) is 5.70. The van der Waals surface area contributed by atoms with E-state index in [9.17, 15) is 4.79 Å². The van der Waals surface area contributed by atoms with Gasteiger partial charge < -0.3 is 5.32 Å². The summed E-state index contributed by atoms with van der Waals surface area (Å²) < 4.78 is 0. The number of carbonyl (C=O) groups excluding carboxylic acids is 1. The van der Waals surface area contributed by atoms with Crippen LogP contribution in [0.3, 0.4) is 0 Å². The molecule has 1 aromatic rings. The molecule has 2 aliphatic rings. The molecule has 0 aliphatic heterocycles. The highest BCUT2D eigenvalue weighted by atomic mass is 35.5. The fourth-order valence-electron chi connectivity index (χ4n) is 4.54. The molecule has 0 unspecified atom stereocenters. The molecule has 1 fully saturated rings. The van der Waals surface area contributed by atoms with Crippen molar-refractivity contribution in [3.8, 4) is 6.07 Å². The lowest BCUT2D eigenvalue weighted by molar-refractivity contribution is -0.0933. The van der Waals surface area contributed by atoms with E-state index < -0.39 is 0 Å². The van der Waals surface area contributed by atoms with Crippen LogP contribution in [0.5, 0.6) is 0 Å². The largest absolute Gasteiger partial charge is 0.347 e. The topological polar surface area (TPSA) is 78.7 Å². The average Bonchev–Trinajstić information content (AvgIpc) is 2.64. The van der Waals surface area contributed by atoms with Gasteiger partial charge in [-0.3, -0.25) is 4.79 Å². The van der Waals surface area contributed by atoms with E-state index in [1.807, 2.05) is 12.5 Å². The number of nitrogens with one attached hydrogen (secondary N) is 1. The second kappa shape index (κ2) is 7.27. The molecule has 144 valence electrons. The number of nitriles is 1. The predicted octanol–water partition coefficient (Wildman–Crippen LogP) is 4.63. The summed E-state index contributed by atoms with van der Waals surface area (Å²) in [5, 5.41) is 20.4. The van der Waals surface area contributed by atoms with Crippen LogP contribution in [0.1, 0.15) is 38.2 Å². The van der Waals surface area contributed by atoms with Gasteiger partial charge in [0, 0.05) is 41.4 Å². The van der Waals surface area contributed by atoms with Crippen LogP contribution in [-0.2, 0) is 0 Å². The van der Waals surface area contributed by atoms with Gasteiger partial charge in [-0.2, -0.15) is 5.26 Å². The van der Waals surface area contributed by atoms with E-state index >= 15 is 0 Å². The standard InChI is InChI=1S/C21H20Cl2N4O/c1-20(2)16(10-12-5-6-13(11-24)14(22)9-12)21(3,4)19(20)25-18(28)15-7-8-17(23)27-26-15/h5-10,16,19H,1-4H3/p+1. The Morgan fingerprint density at radius 3 is 2.46 bits per heavy atom. The first kappa shape index (κ1) is 20.4. The third kappa shape index (κ3) is 3.55. The summed E-state index contributed by atoms with van der Waals surface area (Å²) in [6, 6.07) is 5.12. The molecule has 0 spiro atoms. The molecule has 1 heterocycles. The van der Waals surface area contributed by atoms with Crippen molar-refractivity contribution in [2.45, 2.75) is 33.7 Å². The molecular formula is C21H21Cl2N4O+. The van der Waals surface area contributed by atoms with E-state index in [1.54, 1.807) is 18.2 Å². The number of hydrogen-bond acceptors (Lipinski definition) is 4. The van der Waals surface area contributed by atoms with E-state index in [4.69, 9.17) is 28.5 Å².